The second-order valence-electron chi connectivity index (χ2n) is 1.87. The van der Waals surface area contributed by atoms with Crippen LogP contribution in [-0.2, 0) is 9.59 Å². The van der Waals surface area contributed by atoms with Gasteiger partial charge in [0, 0.05) is 11.9 Å². The van der Waals surface area contributed by atoms with Gasteiger partial charge in [-0.2, -0.15) is 0 Å². The number of hydrogen-bond donors (Lipinski definition) is 1. The van der Waals surface area contributed by atoms with Gasteiger partial charge < -0.3 is 24.9 Å². The van der Waals surface area contributed by atoms with Crippen LogP contribution >= 0.6 is 0 Å². The molecule has 0 aromatic heterocycles. The fourth-order valence-corrected chi connectivity index (χ4v) is 0.333. The highest BCUT2D eigenvalue weighted by molar-refractivity contribution is 5.78. The molecule has 1 N–H and O–H groups in total. The molecular weight excluding hydrogens is 140 g/mol. The van der Waals surface area contributed by atoms with Crippen LogP contribution in [0.15, 0.2) is 0 Å². The summed E-state index contributed by atoms with van der Waals surface area (Å²) in [6, 6.07) is 0. The van der Waals surface area contributed by atoms with Crippen molar-refractivity contribution in [2.45, 2.75) is 13.0 Å². The van der Waals surface area contributed by atoms with Gasteiger partial charge in [0.2, 0.25) is 0 Å². The maximum Gasteiger partial charge on any atom is 0.101 e. The van der Waals surface area contributed by atoms with Gasteiger partial charge in [0.25, 0.3) is 0 Å². The molecular formula is C5H6O5-2. The average molecular weight is 146 g/mol. The fourth-order valence-electron chi connectivity index (χ4n) is 0.333. The molecule has 58 valence electrons. The van der Waals surface area contributed by atoms with E-state index in [9.17, 15) is 19.8 Å². The maximum atomic E-state index is 9.88. The van der Waals surface area contributed by atoms with Crippen molar-refractivity contribution in [3.63, 3.8) is 0 Å². The van der Waals surface area contributed by atoms with Gasteiger partial charge in [-0.05, 0) is 0 Å². The molecule has 2 atom stereocenters. The third-order valence-corrected chi connectivity index (χ3v) is 1.09. The summed E-state index contributed by atoms with van der Waals surface area (Å²) in [5.74, 6) is -4.86. The molecule has 0 saturated carbocycles. The number of rotatable bonds is 3. The first-order valence-corrected chi connectivity index (χ1v) is 2.56. The summed E-state index contributed by atoms with van der Waals surface area (Å²) in [7, 11) is 0. The van der Waals surface area contributed by atoms with Crippen molar-refractivity contribution >= 4 is 11.9 Å². The molecule has 5 nitrogen and oxygen atoms in total. The minimum absolute atomic E-state index is 1.02. The molecule has 0 fully saturated rings. The molecule has 0 saturated heterocycles. The zero-order valence-corrected chi connectivity index (χ0v) is 5.23. The van der Waals surface area contributed by atoms with Gasteiger partial charge >= 0.3 is 0 Å². The lowest BCUT2D eigenvalue weighted by Crippen LogP contribution is -2.46. The normalized spacial score (nSPS) is 15.8. The number of carboxylic acid groups (broad SMARTS) is 2. The topological polar surface area (TPSA) is 100 Å². The van der Waals surface area contributed by atoms with Crippen molar-refractivity contribution in [1.82, 2.24) is 0 Å². The summed E-state index contributed by atoms with van der Waals surface area (Å²) in [5, 5.41) is 28.2. The molecule has 0 radical (unpaired) electrons. The van der Waals surface area contributed by atoms with E-state index in [1.165, 1.54) is 0 Å². The number of carbonyl (C=O) groups is 2. The second-order valence-corrected chi connectivity index (χ2v) is 1.87. The van der Waals surface area contributed by atoms with Crippen molar-refractivity contribution in [2.75, 3.05) is 0 Å². The Morgan fingerprint density at radius 2 is 1.70 bits per heavy atom. The van der Waals surface area contributed by atoms with Crippen LogP contribution in [0.25, 0.3) is 0 Å². The van der Waals surface area contributed by atoms with Crippen molar-refractivity contribution in [3.05, 3.63) is 0 Å². The number of aliphatic hydroxyl groups is 1. The highest BCUT2D eigenvalue weighted by Gasteiger charge is 2.15. The van der Waals surface area contributed by atoms with E-state index in [4.69, 9.17) is 5.11 Å². The lowest BCUT2D eigenvalue weighted by atomic mass is 10.1. The first-order chi connectivity index (χ1) is 4.46. The smallest absolute Gasteiger partial charge is 0.101 e. The van der Waals surface area contributed by atoms with Crippen molar-refractivity contribution in [3.8, 4) is 0 Å². The SMILES string of the molecule is C[C@H](C(=O)[O-])[C@@H](O)C(=O)[O-]. The fraction of sp³-hybridized carbons (Fsp3) is 0.600. The standard InChI is InChI=1S/C5H8O5/c1-2(4(7)8)3(6)5(9)10/h2-3,6H,1H3,(H,7,8)(H,9,10)/p-2/t2-,3+/m0/s1. The Kier molecular flexibility index (Phi) is 2.82. The molecule has 0 aromatic rings. The van der Waals surface area contributed by atoms with E-state index in [1.807, 2.05) is 0 Å². The van der Waals surface area contributed by atoms with Crippen molar-refractivity contribution < 1.29 is 24.9 Å². The Labute approximate surface area is 56.9 Å². The zero-order valence-electron chi connectivity index (χ0n) is 5.23. The maximum absolute atomic E-state index is 9.88. The predicted molar refractivity (Wildman–Crippen MR) is 25.2 cm³/mol. The predicted octanol–water partition coefficient (Wildman–Crippen LogP) is -3.52. The highest BCUT2D eigenvalue weighted by atomic mass is 16.4. The third-order valence-electron chi connectivity index (χ3n) is 1.09. The monoisotopic (exact) mass is 146 g/mol. The van der Waals surface area contributed by atoms with E-state index in [1.54, 1.807) is 0 Å². The summed E-state index contributed by atoms with van der Waals surface area (Å²) >= 11 is 0. The molecule has 0 aliphatic rings. The largest absolute Gasteiger partial charge is 0.550 e. The van der Waals surface area contributed by atoms with Crippen LogP contribution in [0.4, 0.5) is 0 Å². The van der Waals surface area contributed by atoms with Crippen LogP contribution in [0.3, 0.4) is 0 Å². The van der Waals surface area contributed by atoms with Gasteiger partial charge in [0.1, 0.15) is 6.10 Å². The van der Waals surface area contributed by atoms with Crippen LogP contribution < -0.4 is 10.2 Å². The lowest BCUT2D eigenvalue weighted by Gasteiger charge is -2.19. The molecule has 0 amide bonds. The van der Waals surface area contributed by atoms with E-state index in [2.05, 4.69) is 0 Å². The van der Waals surface area contributed by atoms with Gasteiger partial charge in [-0.25, -0.2) is 0 Å². The Morgan fingerprint density at radius 3 is 1.80 bits per heavy atom. The zero-order chi connectivity index (χ0) is 8.31. The first kappa shape index (κ1) is 8.90. The van der Waals surface area contributed by atoms with Gasteiger partial charge in [0.05, 0.1) is 5.97 Å². The van der Waals surface area contributed by atoms with E-state index in [-0.39, 0.29) is 0 Å². The van der Waals surface area contributed by atoms with E-state index in [0.717, 1.165) is 6.92 Å². The van der Waals surface area contributed by atoms with Crippen molar-refractivity contribution in [2.24, 2.45) is 5.92 Å². The first-order valence-electron chi connectivity index (χ1n) is 2.56. The van der Waals surface area contributed by atoms with E-state index < -0.39 is 24.0 Å². The molecule has 0 aliphatic carbocycles. The lowest BCUT2D eigenvalue weighted by molar-refractivity contribution is -0.329. The molecule has 0 bridgehead atoms. The minimum atomic E-state index is -2.00. The Morgan fingerprint density at radius 1 is 1.30 bits per heavy atom. The number of aliphatic carboxylic acids is 2. The summed E-state index contributed by atoms with van der Waals surface area (Å²) in [6.07, 6.45) is -2.00. The van der Waals surface area contributed by atoms with Gasteiger partial charge in [-0.3, -0.25) is 0 Å². The second kappa shape index (κ2) is 3.17. The number of carbonyl (C=O) groups excluding carboxylic acids is 2. The summed E-state index contributed by atoms with van der Waals surface area (Å²) in [5.41, 5.74) is 0. The quantitative estimate of drug-likeness (QED) is 0.445. The third kappa shape index (κ3) is 2.02. The van der Waals surface area contributed by atoms with Crippen molar-refractivity contribution in [1.29, 1.82) is 0 Å². The Balaban J connectivity index is 4.07. The van der Waals surface area contributed by atoms with Crippen LogP contribution in [0, 0.1) is 5.92 Å². The van der Waals surface area contributed by atoms with Gasteiger partial charge in [-0.1, -0.05) is 6.92 Å². The van der Waals surface area contributed by atoms with Crippen LogP contribution in [0.5, 0.6) is 0 Å². The average Bonchev–Trinajstić information content (AvgIpc) is 1.84. The minimum Gasteiger partial charge on any atom is -0.550 e. The van der Waals surface area contributed by atoms with Crippen LogP contribution in [0.2, 0.25) is 0 Å². The molecule has 0 aliphatic heterocycles. The molecule has 0 unspecified atom stereocenters. The van der Waals surface area contributed by atoms with Crippen LogP contribution in [0.1, 0.15) is 6.92 Å². The number of hydrogen-bond acceptors (Lipinski definition) is 5. The molecule has 0 heterocycles. The van der Waals surface area contributed by atoms with Gasteiger partial charge in [0.15, 0.2) is 0 Å². The highest BCUT2D eigenvalue weighted by Crippen LogP contribution is 1.99. The number of carboxylic acids is 2. The Hall–Kier alpha value is -1.10. The summed E-state index contributed by atoms with van der Waals surface area (Å²) < 4.78 is 0. The van der Waals surface area contributed by atoms with Crippen LogP contribution in [-0.4, -0.2) is 23.1 Å². The summed E-state index contributed by atoms with van der Waals surface area (Å²) in [4.78, 5) is 19.7. The Bertz CT molecular complexity index is 134. The van der Waals surface area contributed by atoms with E-state index >= 15 is 0 Å². The molecule has 5 heteroatoms. The molecule has 10 heavy (non-hydrogen) atoms. The molecule has 0 spiro atoms. The summed E-state index contributed by atoms with van der Waals surface area (Å²) in [6.45, 7) is 1.02. The van der Waals surface area contributed by atoms with E-state index in [0.29, 0.717) is 0 Å². The molecule has 0 rings (SSSR count). The molecule has 0 aromatic carbocycles. The number of aliphatic hydroxyl groups excluding tert-OH is 1. The van der Waals surface area contributed by atoms with Gasteiger partial charge in [-0.15, -0.1) is 0 Å².